The molecule has 2 aliphatic heterocycles. The van der Waals surface area contributed by atoms with Gasteiger partial charge in [-0.2, -0.15) is 0 Å². The Hall–Kier alpha value is -0.150. The highest BCUT2D eigenvalue weighted by Gasteiger charge is 2.47. The molecule has 0 aromatic carbocycles. The van der Waals surface area contributed by atoms with E-state index < -0.39 is 6.17 Å². The highest BCUT2D eigenvalue weighted by atomic mass is 19.1. The molecule has 0 amide bonds. The second-order valence-electron chi connectivity index (χ2n) is 7.30. The van der Waals surface area contributed by atoms with Gasteiger partial charge in [-0.25, -0.2) is 9.29 Å². The van der Waals surface area contributed by atoms with Crippen LogP contribution in [0.2, 0.25) is 0 Å². The number of hydrogen-bond donors (Lipinski definition) is 1. The van der Waals surface area contributed by atoms with Crippen molar-refractivity contribution in [3.8, 4) is 0 Å². The van der Waals surface area contributed by atoms with Gasteiger partial charge in [-0.05, 0) is 32.6 Å². The smallest absolute Gasteiger partial charge is 0.146 e. The summed E-state index contributed by atoms with van der Waals surface area (Å²) in [6.45, 7) is 8.35. The predicted octanol–water partition coefficient (Wildman–Crippen LogP) is 1.86. The van der Waals surface area contributed by atoms with Crippen LogP contribution in [-0.4, -0.2) is 42.9 Å². The van der Waals surface area contributed by atoms with Gasteiger partial charge in [-0.15, -0.1) is 0 Å². The zero-order chi connectivity index (χ0) is 13.4. The van der Waals surface area contributed by atoms with E-state index >= 15 is 0 Å². The maximum Gasteiger partial charge on any atom is 0.146 e. The molecule has 0 spiro atoms. The van der Waals surface area contributed by atoms with Crippen LogP contribution in [0.4, 0.5) is 4.39 Å². The first-order chi connectivity index (χ1) is 9.16. The van der Waals surface area contributed by atoms with Crippen molar-refractivity contribution in [3.05, 3.63) is 0 Å². The lowest BCUT2D eigenvalue weighted by Gasteiger charge is -2.38. The Labute approximate surface area is 117 Å². The summed E-state index contributed by atoms with van der Waals surface area (Å²) < 4.78 is 14.1. The zero-order valence-corrected chi connectivity index (χ0v) is 12.6. The highest BCUT2D eigenvalue weighted by molar-refractivity contribution is 4.83. The Bertz CT molecular complexity index is 309. The Balaban J connectivity index is 1.68. The van der Waals surface area contributed by atoms with Gasteiger partial charge < -0.3 is 4.90 Å². The largest absolute Gasteiger partial charge is 0.316 e. The second kappa shape index (κ2) is 5.69. The Morgan fingerprint density at radius 2 is 1.89 bits per heavy atom. The lowest BCUT2D eigenvalue weighted by atomic mass is 9.86. The molecule has 3 heteroatoms. The van der Waals surface area contributed by atoms with E-state index in [2.05, 4.69) is 18.7 Å². The maximum absolute atomic E-state index is 14.1. The van der Waals surface area contributed by atoms with Crippen LogP contribution >= 0.6 is 0 Å². The number of alkyl halides is 1. The average Bonchev–Trinajstić information content (AvgIpc) is 2.70. The molecule has 6 unspecified atom stereocenters. The third-order valence-corrected chi connectivity index (χ3v) is 5.87. The second-order valence-corrected chi connectivity index (χ2v) is 7.30. The molecule has 1 N–H and O–H groups in total. The number of hydrogen-bond acceptors (Lipinski definition) is 1. The first kappa shape index (κ1) is 13.8. The van der Waals surface area contributed by atoms with Crippen molar-refractivity contribution in [2.45, 2.75) is 70.8 Å². The summed E-state index contributed by atoms with van der Waals surface area (Å²) in [6, 6.07) is 0.694. The van der Waals surface area contributed by atoms with Crippen LogP contribution in [-0.2, 0) is 0 Å². The molecular weight excluding hydrogens is 239 g/mol. The van der Waals surface area contributed by atoms with Crippen LogP contribution in [0.3, 0.4) is 0 Å². The Kier molecular flexibility index (Phi) is 4.14. The quantitative estimate of drug-likeness (QED) is 0.804. The molecule has 3 rings (SSSR count). The lowest BCUT2D eigenvalue weighted by Crippen LogP contribution is -3.19. The van der Waals surface area contributed by atoms with Gasteiger partial charge in [0.25, 0.3) is 0 Å². The van der Waals surface area contributed by atoms with Crippen molar-refractivity contribution in [2.24, 2.45) is 11.8 Å². The van der Waals surface area contributed by atoms with Crippen LogP contribution in [0.25, 0.3) is 0 Å². The summed E-state index contributed by atoms with van der Waals surface area (Å²) in [6.07, 6.45) is 7.16. The van der Waals surface area contributed by atoms with Crippen molar-refractivity contribution in [1.29, 1.82) is 0 Å². The van der Waals surface area contributed by atoms with Crippen LogP contribution < -0.4 is 4.90 Å². The molecular formula is C16H30FN2+. The molecule has 1 aliphatic carbocycles. The summed E-state index contributed by atoms with van der Waals surface area (Å²) in [7, 11) is 0. The molecule has 2 heterocycles. The molecule has 3 fully saturated rings. The first-order valence-electron chi connectivity index (χ1n) is 8.40. The van der Waals surface area contributed by atoms with Gasteiger partial charge >= 0.3 is 0 Å². The van der Waals surface area contributed by atoms with Crippen molar-refractivity contribution >= 4 is 0 Å². The minimum atomic E-state index is -0.526. The number of nitrogens with one attached hydrogen (secondary N) is 1. The number of quaternary nitrogens is 1. The van der Waals surface area contributed by atoms with Crippen molar-refractivity contribution < 1.29 is 9.29 Å². The van der Waals surface area contributed by atoms with Gasteiger partial charge in [0.05, 0.1) is 19.1 Å². The molecule has 6 atom stereocenters. The van der Waals surface area contributed by atoms with Crippen LogP contribution in [0.15, 0.2) is 0 Å². The maximum atomic E-state index is 14.1. The average molecular weight is 269 g/mol. The summed E-state index contributed by atoms with van der Waals surface area (Å²) >= 11 is 0. The van der Waals surface area contributed by atoms with E-state index in [1.807, 2.05) is 0 Å². The van der Waals surface area contributed by atoms with E-state index in [0.717, 1.165) is 31.7 Å². The number of halogens is 1. The van der Waals surface area contributed by atoms with E-state index in [-0.39, 0.29) is 0 Å². The number of rotatable bonds is 2. The van der Waals surface area contributed by atoms with Gasteiger partial charge in [0.15, 0.2) is 0 Å². The molecule has 0 aromatic heterocycles. The van der Waals surface area contributed by atoms with Crippen molar-refractivity contribution in [3.63, 3.8) is 0 Å². The fourth-order valence-corrected chi connectivity index (χ4v) is 4.86. The van der Waals surface area contributed by atoms with E-state index in [9.17, 15) is 4.39 Å². The third-order valence-electron chi connectivity index (χ3n) is 5.87. The summed E-state index contributed by atoms with van der Waals surface area (Å²) in [4.78, 5) is 4.38. The molecule has 110 valence electrons. The van der Waals surface area contributed by atoms with E-state index in [1.54, 1.807) is 4.90 Å². The molecule has 1 saturated carbocycles. The van der Waals surface area contributed by atoms with Crippen LogP contribution in [0.5, 0.6) is 0 Å². The number of fused-ring (bicyclic) bond motifs is 1. The Morgan fingerprint density at radius 3 is 2.68 bits per heavy atom. The zero-order valence-electron chi connectivity index (χ0n) is 12.6. The van der Waals surface area contributed by atoms with Gasteiger partial charge in [0.1, 0.15) is 12.3 Å². The normalized spacial score (nSPS) is 48.2. The molecule has 19 heavy (non-hydrogen) atoms. The molecule has 2 nitrogen and oxygen atoms in total. The first-order valence-corrected chi connectivity index (χ1v) is 8.40. The van der Waals surface area contributed by atoms with E-state index in [1.165, 1.54) is 32.4 Å². The van der Waals surface area contributed by atoms with Crippen molar-refractivity contribution in [2.75, 3.05) is 19.6 Å². The summed E-state index contributed by atoms with van der Waals surface area (Å²) in [5.74, 6) is 1.12. The van der Waals surface area contributed by atoms with Gasteiger partial charge in [-0.3, -0.25) is 0 Å². The molecule has 0 aromatic rings. The minimum Gasteiger partial charge on any atom is -0.316 e. The summed E-state index contributed by atoms with van der Waals surface area (Å²) in [5.41, 5.74) is 0. The minimum absolute atomic E-state index is 0.334. The van der Waals surface area contributed by atoms with E-state index in [0.29, 0.717) is 18.1 Å². The molecule has 0 radical (unpaired) electrons. The molecule has 0 bridgehead atoms. The highest BCUT2D eigenvalue weighted by Crippen LogP contribution is 2.28. The van der Waals surface area contributed by atoms with Gasteiger partial charge in [-0.1, -0.05) is 19.8 Å². The van der Waals surface area contributed by atoms with Crippen LogP contribution in [0, 0.1) is 11.8 Å². The standard InChI is InChI=1S/C16H29FN2/c1-12-6-5-9-18-10-13(2)19(16(12)18)11-14-7-3-4-8-15(14)17/h12-16H,3-11H2,1-2H3/p+1. The molecule has 3 aliphatic rings. The fourth-order valence-electron chi connectivity index (χ4n) is 4.86. The fraction of sp³-hybridized carbons (Fsp3) is 1.00. The summed E-state index contributed by atoms with van der Waals surface area (Å²) in [5, 5.41) is 0. The molecule has 2 saturated heterocycles. The third kappa shape index (κ3) is 2.69. The Morgan fingerprint density at radius 1 is 1.11 bits per heavy atom. The van der Waals surface area contributed by atoms with Crippen molar-refractivity contribution in [1.82, 2.24) is 4.90 Å². The topological polar surface area (TPSA) is 7.68 Å². The van der Waals surface area contributed by atoms with Crippen LogP contribution in [0.1, 0.15) is 52.4 Å². The van der Waals surface area contributed by atoms with E-state index in [4.69, 9.17) is 0 Å². The number of piperidine rings is 1. The van der Waals surface area contributed by atoms with Gasteiger partial charge in [0, 0.05) is 18.4 Å². The lowest BCUT2D eigenvalue weighted by molar-refractivity contribution is -0.947. The SMILES string of the molecule is CC1CCCN2CC(C)[NH+](CC3CCCCC3F)C12. The number of nitrogens with zero attached hydrogens (tertiary/aromatic N) is 1. The monoisotopic (exact) mass is 269 g/mol. The predicted molar refractivity (Wildman–Crippen MR) is 75.9 cm³/mol. The van der Waals surface area contributed by atoms with Gasteiger partial charge in [0.2, 0.25) is 0 Å².